The van der Waals surface area contributed by atoms with Crippen molar-refractivity contribution in [2.75, 3.05) is 46.6 Å². The molecule has 2 aliphatic rings. The molecular weight excluding hydrogens is 606 g/mol. The van der Waals surface area contributed by atoms with Gasteiger partial charge in [0.1, 0.15) is 11.5 Å². The van der Waals surface area contributed by atoms with Crippen LogP contribution in [0.25, 0.3) is 11.8 Å². The summed E-state index contributed by atoms with van der Waals surface area (Å²) in [6.07, 6.45) is 1.79. The van der Waals surface area contributed by atoms with E-state index >= 15 is 0 Å². The molecule has 1 aromatic heterocycles. The highest BCUT2D eigenvalue weighted by molar-refractivity contribution is 7.07. The number of morpholine rings is 1. The fourth-order valence-corrected chi connectivity index (χ4v) is 6.40. The third kappa shape index (κ3) is 6.51. The van der Waals surface area contributed by atoms with Gasteiger partial charge >= 0.3 is 5.97 Å². The Morgan fingerprint density at radius 3 is 2.35 bits per heavy atom. The highest BCUT2D eigenvalue weighted by atomic mass is 32.1. The summed E-state index contributed by atoms with van der Waals surface area (Å²) < 4.78 is 23.9. The standard InChI is InChI=1S/C35H33N3O7S/c1-3-44-34(41)30-31(24-7-5-4-6-8-24)36-35-38(32(30)25-11-15-26(42-2)16-12-25)33(40)28(46-35)21-23-9-13-27(14-10-23)45-22-29(39)37-17-19-43-20-18-37/h4-16,21,32H,3,17-20,22H2,1-2H3/b28-21+/t32-/m0/s1. The van der Waals surface area contributed by atoms with E-state index in [4.69, 9.17) is 23.9 Å². The predicted molar refractivity (Wildman–Crippen MR) is 173 cm³/mol. The second-order valence-electron chi connectivity index (χ2n) is 10.6. The van der Waals surface area contributed by atoms with Crippen LogP contribution in [0.1, 0.15) is 29.7 Å². The lowest BCUT2D eigenvalue weighted by Crippen LogP contribution is -2.42. The van der Waals surface area contributed by atoms with E-state index in [0.717, 1.165) is 11.1 Å². The first-order valence-electron chi connectivity index (χ1n) is 15.0. The number of thiazole rings is 1. The molecule has 0 radical (unpaired) electrons. The Morgan fingerprint density at radius 1 is 0.978 bits per heavy atom. The van der Waals surface area contributed by atoms with Crippen molar-refractivity contribution in [3.63, 3.8) is 0 Å². The number of fused-ring (bicyclic) bond motifs is 1. The minimum atomic E-state index is -0.779. The van der Waals surface area contributed by atoms with Gasteiger partial charge in [-0.1, -0.05) is 65.9 Å². The average Bonchev–Trinajstić information content (AvgIpc) is 3.41. The number of aromatic nitrogens is 1. The van der Waals surface area contributed by atoms with Gasteiger partial charge in [-0.2, -0.15) is 0 Å². The third-order valence-electron chi connectivity index (χ3n) is 7.71. The molecule has 0 spiro atoms. The number of carbonyl (C=O) groups excluding carboxylic acids is 2. The van der Waals surface area contributed by atoms with E-state index in [0.29, 0.717) is 58.4 Å². The number of nitrogens with zero attached hydrogens (tertiary/aromatic N) is 3. The summed E-state index contributed by atoms with van der Waals surface area (Å²) in [5, 5.41) is 0. The molecule has 2 aliphatic heterocycles. The average molecular weight is 640 g/mol. The highest BCUT2D eigenvalue weighted by Crippen LogP contribution is 2.35. The molecule has 3 heterocycles. The molecule has 1 fully saturated rings. The van der Waals surface area contributed by atoms with Gasteiger partial charge in [-0.25, -0.2) is 9.79 Å². The lowest BCUT2D eigenvalue weighted by atomic mass is 9.93. The maximum Gasteiger partial charge on any atom is 0.338 e. The van der Waals surface area contributed by atoms with Crippen LogP contribution in [0.3, 0.4) is 0 Å². The fourth-order valence-electron chi connectivity index (χ4n) is 5.40. The Morgan fingerprint density at radius 2 is 1.67 bits per heavy atom. The number of methoxy groups -OCH3 is 1. The SMILES string of the molecule is CCOC(=O)C1=C(c2ccccc2)N=c2s/c(=C/c3ccc(OCC(=O)N4CCOCC4)cc3)c(=O)n2[C@H]1c1ccc(OC)cc1. The van der Waals surface area contributed by atoms with Gasteiger partial charge in [0.25, 0.3) is 11.5 Å². The number of amides is 1. The zero-order chi connectivity index (χ0) is 32.0. The molecule has 46 heavy (non-hydrogen) atoms. The van der Waals surface area contributed by atoms with Crippen LogP contribution < -0.4 is 24.4 Å². The van der Waals surface area contributed by atoms with Crippen LogP contribution in [0.4, 0.5) is 0 Å². The first-order chi connectivity index (χ1) is 22.5. The van der Waals surface area contributed by atoms with E-state index in [1.807, 2.05) is 54.6 Å². The summed E-state index contributed by atoms with van der Waals surface area (Å²) in [5.41, 5.74) is 2.68. The van der Waals surface area contributed by atoms with Crippen molar-refractivity contribution in [1.29, 1.82) is 0 Å². The zero-order valence-corrected chi connectivity index (χ0v) is 26.3. The van der Waals surface area contributed by atoms with E-state index in [2.05, 4.69) is 0 Å². The molecule has 236 valence electrons. The van der Waals surface area contributed by atoms with Crippen LogP contribution in [0.2, 0.25) is 0 Å². The van der Waals surface area contributed by atoms with Crippen molar-refractivity contribution >= 4 is 35.0 Å². The lowest BCUT2D eigenvalue weighted by Gasteiger charge is -2.26. The van der Waals surface area contributed by atoms with Crippen LogP contribution in [0.15, 0.2) is 94.2 Å². The Hall–Kier alpha value is -5.00. The number of hydrogen-bond donors (Lipinski definition) is 0. The highest BCUT2D eigenvalue weighted by Gasteiger charge is 2.35. The molecule has 0 aliphatic carbocycles. The Labute approximate surface area is 269 Å². The van der Waals surface area contributed by atoms with Gasteiger partial charge in [0.05, 0.1) is 48.8 Å². The normalized spacial score (nSPS) is 16.4. The number of ether oxygens (including phenoxy) is 4. The predicted octanol–water partition coefficient (Wildman–Crippen LogP) is 3.18. The van der Waals surface area contributed by atoms with Gasteiger partial charge in [0.2, 0.25) is 0 Å². The molecule has 0 N–H and O–H groups in total. The molecule has 1 saturated heterocycles. The maximum atomic E-state index is 14.1. The van der Waals surface area contributed by atoms with Gasteiger partial charge in [-0.15, -0.1) is 0 Å². The van der Waals surface area contributed by atoms with Crippen molar-refractivity contribution < 1.29 is 28.5 Å². The zero-order valence-electron chi connectivity index (χ0n) is 25.5. The topological polar surface area (TPSA) is 109 Å². The van der Waals surface area contributed by atoms with Crippen LogP contribution in [0, 0.1) is 0 Å². The number of carbonyl (C=O) groups is 2. The molecule has 10 nitrogen and oxygen atoms in total. The Bertz CT molecular complexity index is 1920. The number of hydrogen-bond acceptors (Lipinski definition) is 9. The van der Waals surface area contributed by atoms with Gasteiger partial charge in [-0.05, 0) is 48.4 Å². The van der Waals surface area contributed by atoms with Crippen LogP contribution >= 0.6 is 11.3 Å². The second-order valence-corrected chi connectivity index (χ2v) is 11.6. The largest absolute Gasteiger partial charge is 0.497 e. The smallest absolute Gasteiger partial charge is 0.338 e. The minimum absolute atomic E-state index is 0.0597. The Kier molecular flexibility index (Phi) is 9.41. The van der Waals surface area contributed by atoms with Gasteiger partial charge in [-0.3, -0.25) is 14.2 Å². The quantitative estimate of drug-likeness (QED) is 0.259. The lowest BCUT2D eigenvalue weighted by molar-refractivity contribution is -0.139. The van der Waals surface area contributed by atoms with Crippen molar-refractivity contribution in [2.24, 2.45) is 4.99 Å². The third-order valence-corrected chi connectivity index (χ3v) is 8.69. The molecular formula is C35H33N3O7S. The monoisotopic (exact) mass is 639 g/mol. The first-order valence-corrected chi connectivity index (χ1v) is 15.8. The second kappa shape index (κ2) is 14.0. The molecule has 1 amide bonds. The van der Waals surface area contributed by atoms with Gasteiger partial charge in [0, 0.05) is 18.7 Å². The number of esters is 1. The van der Waals surface area contributed by atoms with Crippen molar-refractivity contribution in [1.82, 2.24) is 9.47 Å². The molecule has 6 rings (SSSR count). The summed E-state index contributed by atoms with van der Waals surface area (Å²) in [6.45, 7) is 4.05. The van der Waals surface area contributed by atoms with Crippen molar-refractivity contribution in [2.45, 2.75) is 13.0 Å². The fraction of sp³-hybridized carbons (Fsp3) is 0.257. The van der Waals surface area contributed by atoms with E-state index < -0.39 is 12.0 Å². The van der Waals surface area contributed by atoms with Gasteiger partial charge < -0.3 is 23.8 Å². The summed E-state index contributed by atoms with van der Waals surface area (Å²) in [6, 6.07) is 23.1. The van der Waals surface area contributed by atoms with Crippen LogP contribution in [0.5, 0.6) is 11.5 Å². The minimum Gasteiger partial charge on any atom is -0.497 e. The molecule has 1 atom stereocenters. The molecule has 0 unspecified atom stereocenters. The maximum absolute atomic E-state index is 14.1. The molecule has 3 aromatic carbocycles. The van der Waals surface area contributed by atoms with E-state index in [1.54, 1.807) is 53.8 Å². The van der Waals surface area contributed by atoms with E-state index in [9.17, 15) is 14.4 Å². The summed E-state index contributed by atoms with van der Waals surface area (Å²) >= 11 is 1.25. The summed E-state index contributed by atoms with van der Waals surface area (Å²) in [7, 11) is 1.58. The molecule has 4 aromatic rings. The van der Waals surface area contributed by atoms with Crippen molar-refractivity contribution in [3.8, 4) is 11.5 Å². The number of benzene rings is 3. The summed E-state index contributed by atoms with van der Waals surface area (Å²) in [5.74, 6) is 0.574. The molecule has 0 bridgehead atoms. The van der Waals surface area contributed by atoms with Crippen LogP contribution in [-0.2, 0) is 19.1 Å². The van der Waals surface area contributed by atoms with E-state index in [-0.39, 0.29) is 30.3 Å². The van der Waals surface area contributed by atoms with E-state index in [1.165, 1.54) is 11.3 Å². The summed E-state index contributed by atoms with van der Waals surface area (Å²) in [4.78, 5) is 47.2. The number of rotatable bonds is 9. The molecule has 11 heteroatoms. The van der Waals surface area contributed by atoms with Crippen molar-refractivity contribution in [3.05, 3.63) is 121 Å². The van der Waals surface area contributed by atoms with Crippen LogP contribution in [-0.4, -0.2) is 68.0 Å². The first kappa shape index (κ1) is 31.0. The van der Waals surface area contributed by atoms with Gasteiger partial charge in [0.15, 0.2) is 11.4 Å². The molecule has 0 saturated carbocycles. The Balaban J connectivity index is 1.38.